The Morgan fingerprint density at radius 1 is 1.02 bits per heavy atom. The standard InChI is InChI=1S/C32H30N4O4/c1-21-16-27(36(39)40)13-11-26(21)19-34-32(38)25-12-14-30-24(18-25)8-5-15-35(30)20-22-6-4-7-23(17-22)28-9-2-3-10-29(28)31(33)37/h2-4,6-7,9-14,16-18H,5,8,15,19-20H2,1H3,(H2,33,37)(H,34,38)/p-1. The van der Waals surface area contributed by atoms with Gasteiger partial charge in [0.05, 0.1) is 4.92 Å². The maximum absolute atomic E-state index is 12.9. The maximum atomic E-state index is 12.9. The Kier molecular flexibility index (Phi) is 7.59. The molecule has 1 amide bonds. The van der Waals surface area contributed by atoms with E-state index in [9.17, 15) is 20.0 Å². The average molecular weight is 534 g/mol. The van der Waals surface area contributed by atoms with E-state index >= 15 is 0 Å². The number of aryl methyl sites for hydroxylation is 2. The Hall–Kier alpha value is -4.98. The van der Waals surface area contributed by atoms with Crippen LogP contribution in [0.4, 0.5) is 11.4 Å². The first kappa shape index (κ1) is 26.6. The van der Waals surface area contributed by atoms with Crippen LogP contribution >= 0.6 is 0 Å². The van der Waals surface area contributed by atoms with Crippen LogP contribution < -0.4 is 15.3 Å². The molecule has 8 heteroatoms. The van der Waals surface area contributed by atoms with Crippen molar-refractivity contribution in [3.05, 3.63) is 128 Å². The number of hydrogen-bond donors (Lipinski definition) is 2. The molecule has 0 spiro atoms. The van der Waals surface area contributed by atoms with E-state index in [-0.39, 0.29) is 18.1 Å². The Bertz CT molecular complexity index is 1610. The van der Waals surface area contributed by atoms with Crippen molar-refractivity contribution < 1.29 is 14.8 Å². The number of anilines is 1. The monoisotopic (exact) mass is 533 g/mol. The Morgan fingerprint density at radius 3 is 2.62 bits per heavy atom. The lowest BCUT2D eigenvalue weighted by molar-refractivity contribution is -0.384. The molecule has 4 aromatic carbocycles. The zero-order valence-electron chi connectivity index (χ0n) is 22.1. The van der Waals surface area contributed by atoms with Crippen molar-refractivity contribution in [1.82, 2.24) is 5.32 Å². The molecule has 8 nitrogen and oxygen atoms in total. The minimum atomic E-state index is -0.700. The number of nitro benzene ring substituents is 1. The van der Waals surface area contributed by atoms with E-state index in [0.717, 1.165) is 58.5 Å². The van der Waals surface area contributed by atoms with Crippen molar-refractivity contribution in [3.63, 3.8) is 0 Å². The van der Waals surface area contributed by atoms with Gasteiger partial charge in [-0.1, -0.05) is 48.5 Å². The van der Waals surface area contributed by atoms with Crippen molar-refractivity contribution >= 4 is 23.2 Å². The maximum Gasteiger partial charge on any atom is 0.269 e. The van der Waals surface area contributed by atoms with Crippen LogP contribution in [-0.4, -0.2) is 23.3 Å². The Balaban J connectivity index is 1.30. The van der Waals surface area contributed by atoms with Gasteiger partial charge >= 0.3 is 0 Å². The van der Waals surface area contributed by atoms with Crippen LogP contribution in [0.15, 0.2) is 84.9 Å². The quantitative estimate of drug-likeness (QED) is 0.141. The molecule has 5 rings (SSSR count). The summed E-state index contributed by atoms with van der Waals surface area (Å²) in [6.07, 6.45) is 1.85. The number of nitro groups is 1. The summed E-state index contributed by atoms with van der Waals surface area (Å²) in [6.45, 7) is 3.66. The van der Waals surface area contributed by atoms with E-state index in [1.165, 1.54) is 12.1 Å². The molecule has 4 aromatic rings. The van der Waals surface area contributed by atoms with Gasteiger partial charge in [0.1, 0.15) is 0 Å². The van der Waals surface area contributed by atoms with Gasteiger partial charge in [0, 0.05) is 43.0 Å². The fraction of sp³-hybridized carbons (Fsp3) is 0.188. The number of benzene rings is 4. The first-order valence-corrected chi connectivity index (χ1v) is 13.1. The van der Waals surface area contributed by atoms with E-state index in [1.807, 2.05) is 42.5 Å². The summed E-state index contributed by atoms with van der Waals surface area (Å²) in [7, 11) is 0. The highest BCUT2D eigenvalue weighted by Crippen LogP contribution is 2.31. The molecule has 0 unspecified atom stereocenters. The predicted molar refractivity (Wildman–Crippen MR) is 154 cm³/mol. The Labute approximate surface area is 232 Å². The molecule has 0 atom stereocenters. The van der Waals surface area contributed by atoms with E-state index in [4.69, 9.17) is 5.41 Å². The van der Waals surface area contributed by atoms with E-state index in [0.29, 0.717) is 17.7 Å². The largest absolute Gasteiger partial charge is 0.859 e. The fourth-order valence-corrected chi connectivity index (χ4v) is 5.24. The molecule has 0 bridgehead atoms. The van der Waals surface area contributed by atoms with Gasteiger partial charge in [-0.25, -0.2) is 0 Å². The molecule has 1 aliphatic rings. The van der Waals surface area contributed by atoms with Crippen LogP contribution in [0.3, 0.4) is 0 Å². The second-order valence-corrected chi connectivity index (χ2v) is 9.99. The number of carbonyl (C=O) groups is 1. The second kappa shape index (κ2) is 11.4. The highest BCUT2D eigenvalue weighted by atomic mass is 16.6. The van der Waals surface area contributed by atoms with E-state index in [1.54, 1.807) is 25.1 Å². The van der Waals surface area contributed by atoms with Crippen LogP contribution in [0.1, 0.15) is 44.6 Å². The normalized spacial score (nSPS) is 12.5. The van der Waals surface area contributed by atoms with Gasteiger partial charge in [0.2, 0.25) is 0 Å². The summed E-state index contributed by atoms with van der Waals surface area (Å²) < 4.78 is 0. The number of nitrogens with one attached hydrogen (secondary N) is 2. The molecule has 0 aliphatic carbocycles. The lowest BCUT2D eigenvalue weighted by Crippen LogP contribution is -2.29. The van der Waals surface area contributed by atoms with Gasteiger partial charge in [0.25, 0.3) is 11.6 Å². The topological polar surface area (TPSA) is 122 Å². The third kappa shape index (κ3) is 5.71. The molecule has 0 aromatic heterocycles. The first-order chi connectivity index (χ1) is 19.3. The van der Waals surface area contributed by atoms with Crippen LogP contribution in [-0.2, 0) is 19.5 Å². The van der Waals surface area contributed by atoms with Crippen LogP contribution in [0, 0.1) is 22.4 Å². The van der Waals surface area contributed by atoms with Crippen molar-refractivity contribution in [2.45, 2.75) is 32.9 Å². The number of rotatable bonds is 8. The number of fused-ring (bicyclic) bond motifs is 1. The molecule has 0 radical (unpaired) electrons. The molecule has 1 heterocycles. The number of amides is 1. The zero-order chi connectivity index (χ0) is 28.2. The molecular formula is C32H29N4O4-. The molecule has 0 fully saturated rings. The van der Waals surface area contributed by atoms with Crippen LogP contribution in [0.5, 0.6) is 0 Å². The SMILES string of the molecule is Cc1cc([N+](=O)[O-])ccc1CNC(=O)c1ccc2c(c1)CCCN2Cc1cccc(-c2ccccc2C(=N)[O-])c1. The summed E-state index contributed by atoms with van der Waals surface area (Å²) in [5.74, 6) is -0.887. The molecule has 0 saturated carbocycles. The van der Waals surface area contributed by atoms with E-state index < -0.39 is 10.8 Å². The minimum Gasteiger partial charge on any atom is -0.859 e. The number of non-ortho nitro benzene ring substituents is 1. The van der Waals surface area contributed by atoms with Crippen LogP contribution in [0.25, 0.3) is 11.1 Å². The van der Waals surface area contributed by atoms with Crippen molar-refractivity contribution in [3.8, 4) is 11.1 Å². The van der Waals surface area contributed by atoms with Gasteiger partial charge in [-0.05, 0) is 88.9 Å². The van der Waals surface area contributed by atoms with Crippen molar-refractivity contribution in [2.24, 2.45) is 0 Å². The van der Waals surface area contributed by atoms with E-state index in [2.05, 4.69) is 22.3 Å². The molecule has 0 saturated heterocycles. The smallest absolute Gasteiger partial charge is 0.269 e. The summed E-state index contributed by atoms with van der Waals surface area (Å²) >= 11 is 0. The minimum absolute atomic E-state index is 0.0336. The number of nitrogens with zero attached hydrogens (tertiary/aromatic N) is 2. The van der Waals surface area contributed by atoms with Gasteiger partial charge in [-0.15, -0.1) is 0 Å². The van der Waals surface area contributed by atoms with Gasteiger partial charge < -0.3 is 20.7 Å². The summed E-state index contributed by atoms with van der Waals surface area (Å²) in [4.78, 5) is 25.8. The van der Waals surface area contributed by atoms with Crippen molar-refractivity contribution in [1.29, 1.82) is 5.41 Å². The predicted octanol–water partition coefficient (Wildman–Crippen LogP) is 5.14. The second-order valence-electron chi connectivity index (χ2n) is 9.99. The summed E-state index contributed by atoms with van der Waals surface area (Å²) in [5, 5.41) is 33.3. The molecule has 40 heavy (non-hydrogen) atoms. The highest BCUT2D eigenvalue weighted by molar-refractivity contribution is 5.96. The highest BCUT2D eigenvalue weighted by Gasteiger charge is 2.19. The average Bonchev–Trinajstić information content (AvgIpc) is 2.96. The van der Waals surface area contributed by atoms with Gasteiger partial charge in [-0.2, -0.15) is 0 Å². The lowest BCUT2D eigenvalue weighted by atomic mass is 9.96. The molecule has 202 valence electrons. The van der Waals surface area contributed by atoms with Crippen molar-refractivity contribution in [2.75, 3.05) is 11.4 Å². The van der Waals surface area contributed by atoms with Gasteiger partial charge in [-0.3, -0.25) is 14.9 Å². The number of hydrogen-bond acceptors (Lipinski definition) is 6. The molecular weight excluding hydrogens is 504 g/mol. The first-order valence-electron chi connectivity index (χ1n) is 13.1. The molecule has 1 aliphatic heterocycles. The third-order valence-corrected chi connectivity index (χ3v) is 7.32. The molecule has 2 N–H and O–H groups in total. The number of carbonyl (C=O) groups excluding carboxylic acids is 1. The summed E-state index contributed by atoms with van der Waals surface area (Å²) in [5.41, 5.74) is 7.56. The fourth-order valence-electron chi connectivity index (χ4n) is 5.24. The third-order valence-electron chi connectivity index (χ3n) is 7.32. The Morgan fingerprint density at radius 2 is 1.85 bits per heavy atom. The van der Waals surface area contributed by atoms with Crippen LogP contribution in [0.2, 0.25) is 0 Å². The van der Waals surface area contributed by atoms with Gasteiger partial charge in [0.15, 0.2) is 0 Å². The zero-order valence-corrected chi connectivity index (χ0v) is 22.1. The summed E-state index contributed by atoms with van der Waals surface area (Å²) in [6, 6.07) is 25.7. The lowest BCUT2D eigenvalue weighted by Gasteiger charge is -2.32.